The molecule has 0 spiro atoms. The van der Waals surface area contributed by atoms with Crippen LogP contribution in [0.3, 0.4) is 0 Å². The minimum atomic E-state index is -0.525. The van der Waals surface area contributed by atoms with Gasteiger partial charge in [0, 0.05) is 0 Å². The highest BCUT2D eigenvalue weighted by atomic mass is 35.5. The van der Waals surface area contributed by atoms with Gasteiger partial charge in [0.2, 0.25) is 12.5 Å². The first-order valence-corrected chi connectivity index (χ1v) is 7.12. The van der Waals surface area contributed by atoms with Crippen LogP contribution in [0.1, 0.15) is 37.3 Å². The quantitative estimate of drug-likeness (QED) is 0.892. The van der Waals surface area contributed by atoms with Gasteiger partial charge < -0.3 is 25.1 Å². The molecule has 2 aliphatic rings. The standard InChI is InChI=1S/C15H21NO4.ClH/c1-18-11-6-10(7-12-15(11)20-8-19-12)13(16)14(17)9-4-2-3-5-9;/h6-7,9,13-14,17H,2-5,8,16H2,1H3;1H/t13-,14+;/m1./s1. The van der Waals surface area contributed by atoms with Crippen LogP contribution in [0.5, 0.6) is 17.2 Å². The molecule has 1 aliphatic carbocycles. The number of nitrogens with two attached hydrogens (primary N) is 1. The Morgan fingerprint density at radius 2 is 2.00 bits per heavy atom. The molecule has 6 heteroatoms. The van der Waals surface area contributed by atoms with E-state index in [0.717, 1.165) is 18.4 Å². The smallest absolute Gasteiger partial charge is 0.231 e. The zero-order chi connectivity index (χ0) is 14.1. The predicted molar refractivity (Wildman–Crippen MR) is 81.3 cm³/mol. The Labute approximate surface area is 130 Å². The summed E-state index contributed by atoms with van der Waals surface area (Å²) in [5.74, 6) is 2.14. The molecule has 1 heterocycles. The Morgan fingerprint density at radius 1 is 1.29 bits per heavy atom. The third-order valence-electron chi connectivity index (χ3n) is 4.32. The number of methoxy groups -OCH3 is 1. The van der Waals surface area contributed by atoms with E-state index in [9.17, 15) is 5.11 Å². The summed E-state index contributed by atoms with van der Waals surface area (Å²) >= 11 is 0. The Bertz CT molecular complexity index is 491. The van der Waals surface area contributed by atoms with Gasteiger partial charge in [-0.15, -0.1) is 12.4 Å². The lowest BCUT2D eigenvalue weighted by Crippen LogP contribution is -2.31. The van der Waals surface area contributed by atoms with Crippen LogP contribution in [0.25, 0.3) is 0 Å². The van der Waals surface area contributed by atoms with Gasteiger partial charge >= 0.3 is 0 Å². The van der Waals surface area contributed by atoms with Crippen LogP contribution in [-0.2, 0) is 0 Å². The van der Waals surface area contributed by atoms with Crippen molar-refractivity contribution in [1.82, 2.24) is 0 Å². The number of hydrogen-bond acceptors (Lipinski definition) is 5. The van der Waals surface area contributed by atoms with E-state index in [1.807, 2.05) is 12.1 Å². The number of rotatable bonds is 4. The Morgan fingerprint density at radius 3 is 2.67 bits per heavy atom. The van der Waals surface area contributed by atoms with Crippen LogP contribution in [0, 0.1) is 5.92 Å². The van der Waals surface area contributed by atoms with Gasteiger partial charge in [0.15, 0.2) is 11.5 Å². The molecule has 2 atom stereocenters. The van der Waals surface area contributed by atoms with Crippen LogP contribution in [-0.4, -0.2) is 25.1 Å². The summed E-state index contributed by atoms with van der Waals surface area (Å²) in [6.45, 7) is 0.190. The van der Waals surface area contributed by atoms with Crippen LogP contribution < -0.4 is 19.9 Å². The second-order valence-corrected chi connectivity index (χ2v) is 5.52. The number of hydrogen-bond donors (Lipinski definition) is 2. The van der Waals surface area contributed by atoms with Crippen LogP contribution in [0.15, 0.2) is 12.1 Å². The molecule has 0 aromatic heterocycles. The maximum absolute atomic E-state index is 10.4. The maximum Gasteiger partial charge on any atom is 0.231 e. The third-order valence-corrected chi connectivity index (χ3v) is 4.32. The van der Waals surface area contributed by atoms with Crippen molar-refractivity contribution in [3.05, 3.63) is 17.7 Å². The molecule has 5 nitrogen and oxygen atoms in total. The molecule has 0 saturated heterocycles. The van der Waals surface area contributed by atoms with Crippen LogP contribution >= 0.6 is 12.4 Å². The topological polar surface area (TPSA) is 73.9 Å². The van der Waals surface area contributed by atoms with Gasteiger partial charge in [0.1, 0.15) is 0 Å². The second kappa shape index (κ2) is 6.73. The first kappa shape index (κ1) is 16.2. The molecule has 1 fully saturated rings. The van der Waals surface area contributed by atoms with Crippen LogP contribution in [0.4, 0.5) is 0 Å². The number of benzene rings is 1. The molecule has 0 bridgehead atoms. The molecule has 21 heavy (non-hydrogen) atoms. The highest BCUT2D eigenvalue weighted by Gasteiger charge is 2.30. The van der Waals surface area contributed by atoms with Crippen molar-refractivity contribution >= 4 is 12.4 Å². The summed E-state index contributed by atoms with van der Waals surface area (Å²) in [5.41, 5.74) is 7.06. The predicted octanol–water partition coefficient (Wildman–Crippen LogP) is 2.40. The molecule has 3 rings (SSSR count). The Hall–Kier alpha value is -1.17. The van der Waals surface area contributed by atoms with E-state index < -0.39 is 12.1 Å². The molecule has 0 amide bonds. The number of ether oxygens (including phenoxy) is 3. The van der Waals surface area contributed by atoms with Gasteiger partial charge in [-0.1, -0.05) is 12.8 Å². The minimum Gasteiger partial charge on any atom is -0.493 e. The van der Waals surface area contributed by atoms with Crippen molar-refractivity contribution in [3.8, 4) is 17.2 Å². The Balaban J connectivity index is 0.00000161. The van der Waals surface area contributed by atoms with Crippen LogP contribution in [0.2, 0.25) is 0 Å². The zero-order valence-electron chi connectivity index (χ0n) is 12.1. The van der Waals surface area contributed by atoms with Crippen molar-refractivity contribution in [2.75, 3.05) is 13.9 Å². The van der Waals surface area contributed by atoms with E-state index in [2.05, 4.69) is 0 Å². The molecule has 1 aliphatic heterocycles. The van der Waals surface area contributed by atoms with Crippen molar-refractivity contribution in [2.24, 2.45) is 11.7 Å². The first-order valence-electron chi connectivity index (χ1n) is 7.12. The average Bonchev–Trinajstić information content (AvgIpc) is 3.15. The van der Waals surface area contributed by atoms with Crippen molar-refractivity contribution in [3.63, 3.8) is 0 Å². The fourth-order valence-electron chi connectivity index (χ4n) is 3.13. The van der Waals surface area contributed by atoms with Gasteiger partial charge in [-0.2, -0.15) is 0 Å². The average molecular weight is 316 g/mol. The first-order chi connectivity index (χ1) is 9.70. The van der Waals surface area contributed by atoms with Gasteiger partial charge in [-0.25, -0.2) is 0 Å². The molecule has 0 unspecified atom stereocenters. The van der Waals surface area contributed by atoms with E-state index >= 15 is 0 Å². The van der Waals surface area contributed by atoms with E-state index in [-0.39, 0.29) is 19.2 Å². The molecular weight excluding hydrogens is 294 g/mol. The number of halogens is 1. The summed E-state index contributed by atoms with van der Waals surface area (Å²) in [6.07, 6.45) is 3.94. The highest BCUT2D eigenvalue weighted by Crippen LogP contribution is 2.44. The minimum absolute atomic E-state index is 0. The molecule has 3 N–H and O–H groups in total. The second-order valence-electron chi connectivity index (χ2n) is 5.52. The van der Waals surface area contributed by atoms with Crippen molar-refractivity contribution in [1.29, 1.82) is 0 Å². The van der Waals surface area contributed by atoms with E-state index in [1.165, 1.54) is 12.8 Å². The highest BCUT2D eigenvalue weighted by molar-refractivity contribution is 5.85. The number of aliphatic hydroxyl groups is 1. The fraction of sp³-hybridized carbons (Fsp3) is 0.600. The van der Waals surface area contributed by atoms with E-state index in [0.29, 0.717) is 23.2 Å². The van der Waals surface area contributed by atoms with Gasteiger partial charge in [-0.3, -0.25) is 0 Å². The Kier molecular flexibility index (Phi) is 5.19. The van der Waals surface area contributed by atoms with Gasteiger partial charge in [0.25, 0.3) is 0 Å². The fourth-order valence-corrected chi connectivity index (χ4v) is 3.13. The lowest BCUT2D eigenvalue weighted by atomic mass is 9.90. The third kappa shape index (κ3) is 3.05. The summed E-state index contributed by atoms with van der Waals surface area (Å²) in [5, 5.41) is 10.4. The number of aliphatic hydroxyl groups excluding tert-OH is 1. The van der Waals surface area contributed by atoms with Crippen molar-refractivity contribution in [2.45, 2.75) is 37.8 Å². The molecule has 0 radical (unpaired) electrons. The maximum atomic E-state index is 10.4. The summed E-state index contributed by atoms with van der Waals surface area (Å²) in [7, 11) is 1.58. The summed E-state index contributed by atoms with van der Waals surface area (Å²) < 4.78 is 16.1. The summed E-state index contributed by atoms with van der Waals surface area (Å²) in [4.78, 5) is 0. The van der Waals surface area contributed by atoms with Gasteiger partial charge in [0.05, 0.1) is 19.3 Å². The lowest BCUT2D eigenvalue weighted by Gasteiger charge is -2.25. The summed E-state index contributed by atoms with van der Waals surface area (Å²) in [6, 6.07) is 3.24. The zero-order valence-corrected chi connectivity index (χ0v) is 12.9. The largest absolute Gasteiger partial charge is 0.493 e. The lowest BCUT2D eigenvalue weighted by molar-refractivity contribution is 0.0844. The molecule has 1 aromatic carbocycles. The number of fused-ring (bicyclic) bond motifs is 1. The molecule has 1 saturated carbocycles. The van der Waals surface area contributed by atoms with E-state index in [4.69, 9.17) is 19.9 Å². The van der Waals surface area contributed by atoms with E-state index in [1.54, 1.807) is 7.11 Å². The normalized spacial score (nSPS) is 20.0. The van der Waals surface area contributed by atoms with Gasteiger partial charge in [-0.05, 0) is 36.5 Å². The SMILES string of the molecule is COc1cc([C@@H](N)[C@@H](O)C2CCCC2)cc2c1OCO2.Cl. The molecule has 118 valence electrons. The molecular formula is C15H22ClNO4. The van der Waals surface area contributed by atoms with Crippen molar-refractivity contribution < 1.29 is 19.3 Å². The monoisotopic (exact) mass is 315 g/mol. The molecule has 1 aromatic rings.